The Morgan fingerprint density at radius 3 is 1.29 bits per heavy atom. The third-order valence-electron chi connectivity index (χ3n) is 15.1. The number of rotatable bonds is 51. The number of aliphatic hydroxyl groups is 8. The minimum absolute atomic E-state index is 0.224. The molecule has 2 rings (SSSR count). The standard InChI is InChI=1S/C71H117NO13/c1-3-5-7-9-11-13-15-17-19-21-23-25-26-27-28-29-30-31-32-33-34-35-37-39-41-43-45-47-49-51-53-55-63(76)72-59(60(75)54-52-50-48-46-44-42-40-38-36-24-22-20-18-16-14-12-10-8-6-4-2)58-82-70-68(81)66(79)69(62(57-74)84-70)85-71-67(80)65(78)64(77)61(56-73)83-71/h5,7,11,13,17,19,23,25,27-28,30-31,33-34,37,39,43-46,52,54,59-62,64-71,73-75,77-81H,3-4,6,8-10,12,14-16,18,20-22,24,26,29,32,35-36,38,40-42,47-51,53,55-58H2,1-2H3,(H,72,76)/b7-5-,13-11-,19-17-,25-23-,28-27-,31-30-,34-33-,39-37-,45-43-,46-44+,54-52+. The predicted molar refractivity (Wildman–Crippen MR) is 345 cm³/mol. The molecule has 484 valence electrons. The lowest BCUT2D eigenvalue weighted by molar-refractivity contribution is -0.359. The molecule has 9 N–H and O–H groups in total. The highest BCUT2D eigenvalue weighted by molar-refractivity contribution is 5.76. The summed E-state index contributed by atoms with van der Waals surface area (Å²) in [6.45, 7) is 2.64. The smallest absolute Gasteiger partial charge is 0.220 e. The molecule has 0 aromatic rings. The predicted octanol–water partition coefficient (Wildman–Crippen LogP) is 12.7. The van der Waals surface area contributed by atoms with Crippen molar-refractivity contribution in [2.45, 2.75) is 286 Å². The molecule has 0 aliphatic carbocycles. The Bertz CT molecular complexity index is 1940. The number of amides is 1. The zero-order valence-electron chi connectivity index (χ0n) is 52.3. The number of unbranched alkanes of at least 4 members (excludes halogenated alkanes) is 18. The summed E-state index contributed by atoms with van der Waals surface area (Å²) in [7, 11) is 0. The highest BCUT2D eigenvalue weighted by Gasteiger charge is 2.51. The average Bonchev–Trinajstić information content (AvgIpc) is 3.68. The number of hydrogen-bond acceptors (Lipinski definition) is 13. The van der Waals surface area contributed by atoms with Crippen molar-refractivity contribution in [1.29, 1.82) is 0 Å². The maximum absolute atomic E-state index is 13.3. The van der Waals surface area contributed by atoms with Crippen molar-refractivity contribution in [2.24, 2.45) is 0 Å². The van der Waals surface area contributed by atoms with Gasteiger partial charge in [0.05, 0.1) is 32.0 Å². The molecular weight excluding hydrogens is 1070 g/mol. The molecule has 0 radical (unpaired) electrons. The largest absolute Gasteiger partial charge is 0.394 e. The number of carbonyl (C=O) groups is 1. The number of ether oxygens (including phenoxy) is 4. The zero-order chi connectivity index (χ0) is 61.6. The highest BCUT2D eigenvalue weighted by Crippen LogP contribution is 2.30. The highest BCUT2D eigenvalue weighted by atomic mass is 16.7. The van der Waals surface area contributed by atoms with E-state index in [1.165, 1.54) is 89.9 Å². The van der Waals surface area contributed by atoms with E-state index in [0.29, 0.717) is 12.8 Å². The second-order valence-corrected chi connectivity index (χ2v) is 22.5. The lowest BCUT2D eigenvalue weighted by Gasteiger charge is -2.46. The summed E-state index contributed by atoms with van der Waals surface area (Å²) < 4.78 is 22.8. The molecule has 0 spiro atoms. The van der Waals surface area contributed by atoms with Crippen LogP contribution in [0.5, 0.6) is 0 Å². The number of nitrogens with one attached hydrogen (secondary N) is 1. The Morgan fingerprint density at radius 2 is 0.824 bits per heavy atom. The van der Waals surface area contributed by atoms with E-state index in [-0.39, 0.29) is 18.9 Å². The van der Waals surface area contributed by atoms with E-state index in [4.69, 9.17) is 18.9 Å². The first-order valence-electron chi connectivity index (χ1n) is 32.9. The Balaban J connectivity index is 1.76. The normalized spacial score (nSPS) is 24.4. The van der Waals surface area contributed by atoms with Gasteiger partial charge in [-0.15, -0.1) is 0 Å². The number of hydrogen-bond donors (Lipinski definition) is 9. The van der Waals surface area contributed by atoms with Gasteiger partial charge in [-0.3, -0.25) is 4.79 Å². The van der Waals surface area contributed by atoms with E-state index in [1.54, 1.807) is 6.08 Å². The fraction of sp³-hybridized carbons (Fsp3) is 0.676. The van der Waals surface area contributed by atoms with Crippen LogP contribution in [0.4, 0.5) is 0 Å². The van der Waals surface area contributed by atoms with E-state index in [9.17, 15) is 45.6 Å². The van der Waals surface area contributed by atoms with E-state index in [0.717, 1.165) is 89.9 Å². The topological polar surface area (TPSA) is 228 Å². The summed E-state index contributed by atoms with van der Waals surface area (Å²) >= 11 is 0. The van der Waals surface area contributed by atoms with Gasteiger partial charge in [0.1, 0.15) is 48.8 Å². The van der Waals surface area contributed by atoms with Crippen LogP contribution in [0.3, 0.4) is 0 Å². The van der Waals surface area contributed by atoms with E-state index in [1.807, 2.05) is 6.08 Å². The quantitative estimate of drug-likeness (QED) is 0.0204. The molecule has 12 atom stereocenters. The van der Waals surface area contributed by atoms with Crippen LogP contribution in [-0.4, -0.2) is 140 Å². The Hall–Kier alpha value is -3.87. The van der Waals surface area contributed by atoms with Gasteiger partial charge in [0.25, 0.3) is 0 Å². The monoisotopic (exact) mass is 1190 g/mol. The fourth-order valence-corrected chi connectivity index (χ4v) is 9.83. The molecule has 2 heterocycles. The van der Waals surface area contributed by atoms with Gasteiger partial charge in [0.15, 0.2) is 12.6 Å². The van der Waals surface area contributed by atoms with Crippen LogP contribution < -0.4 is 5.32 Å². The average molecular weight is 1190 g/mol. The van der Waals surface area contributed by atoms with Crippen LogP contribution in [0, 0.1) is 0 Å². The number of allylic oxidation sites excluding steroid dienone is 21. The summed E-state index contributed by atoms with van der Waals surface area (Å²) in [4.78, 5) is 13.3. The Morgan fingerprint density at radius 1 is 0.435 bits per heavy atom. The Labute approximate surface area is 513 Å². The molecule has 85 heavy (non-hydrogen) atoms. The second kappa shape index (κ2) is 54.3. The first-order chi connectivity index (χ1) is 41.6. The molecule has 2 saturated heterocycles. The minimum atomic E-state index is -1.80. The summed E-state index contributed by atoms with van der Waals surface area (Å²) in [5.41, 5.74) is 0. The van der Waals surface area contributed by atoms with Crippen LogP contribution in [0.1, 0.15) is 213 Å². The molecule has 2 aliphatic heterocycles. The SMILES string of the molecule is CC/C=C\C/C=C\C/C=C\C/C=C\C/C=C\C/C=C\C/C=C\C/C=C\C/C=C\CCCCCC(=O)NC(COC1OC(CO)C(OC2OC(CO)C(O)C(O)C2O)C(O)C1O)C(O)/C=C/CC/C=C/CCCCCCCCCCCCCCCC. The van der Waals surface area contributed by atoms with E-state index < -0.39 is 86.8 Å². The van der Waals surface area contributed by atoms with Crippen LogP contribution in [0.25, 0.3) is 0 Å². The molecule has 2 aliphatic rings. The Kier molecular flexibility index (Phi) is 49.3. The molecular formula is C71H117NO13. The van der Waals surface area contributed by atoms with Crippen molar-refractivity contribution in [3.8, 4) is 0 Å². The maximum atomic E-state index is 13.3. The van der Waals surface area contributed by atoms with Gasteiger partial charge in [-0.1, -0.05) is 237 Å². The third kappa shape index (κ3) is 38.9. The van der Waals surface area contributed by atoms with E-state index in [2.05, 4.69) is 141 Å². The summed E-state index contributed by atoms with van der Waals surface area (Å²) in [5.74, 6) is -0.286. The van der Waals surface area contributed by atoms with Gasteiger partial charge < -0.3 is 65.1 Å². The van der Waals surface area contributed by atoms with Gasteiger partial charge >= 0.3 is 0 Å². The molecule has 0 aromatic heterocycles. The van der Waals surface area contributed by atoms with Crippen LogP contribution in [0.2, 0.25) is 0 Å². The van der Waals surface area contributed by atoms with Crippen molar-refractivity contribution in [1.82, 2.24) is 5.32 Å². The lowest BCUT2D eigenvalue weighted by Crippen LogP contribution is -2.65. The molecule has 2 fully saturated rings. The number of aliphatic hydroxyl groups excluding tert-OH is 8. The van der Waals surface area contributed by atoms with Crippen molar-refractivity contribution in [2.75, 3.05) is 19.8 Å². The molecule has 0 saturated carbocycles. The molecule has 1 amide bonds. The molecule has 12 unspecified atom stereocenters. The summed E-state index contributed by atoms with van der Waals surface area (Å²) in [5, 5.41) is 87.2. The third-order valence-corrected chi connectivity index (χ3v) is 15.1. The van der Waals surface area contributed by atoms with Gasteiger partial charge in [-0.05, 0) is 103 Å². The number of carbonyl (C=O) groups excluding carboxylic acids is 1. The minimum Gasteiger partial charge on any atom is -0.394 e. The summed E-state index contributed by atoms with van der Waals surface area (Å²) in [6, 6.07) is -0.961. The van der Waals surface area contributed by atoms with Crippen molar-refractivity contribution in [3.05, 3.63) is 134 Å². The molecule has 14 nitrogen and oxygen atoms in total. The van der Waals surface area contributed by atoms with Crippen molar-refractivity contribution in [3.63, 3.8) is 0 Å². The molecule has 0 bridgehead atoms. The van der Waals surface area contributed by atoms with Gasteiger partial charge in [0.2, 0.25) is 5.91 Å². The van der Waals surface area contributed by atoms with Gasteiger partial charge in [-0.25, -0.2) is 0 Å². The zero-order valence-corrected chi connectivity index (χ0v) is 52.3. The fourth-order valence-electron chi connectivity index (χ4n) is 9.83. The molecule has 0 aromatic carbocycles. The second-order valence-electron chi connectivity index (χ2n) is 22.5. The first kappa shape index (κ1) is 77.2. The van der Waals surface area contributed by atoms with Gasteiger partial charge in [-0.2, -0.15) is 0 Å². The summed E-state index contributed by atoms with van der Waals surface area (Å²) in [6.07, 6.45) is 63.5. The first-order valence-corrected chi connectivity index (χ1v) is 32.9. The lowest BCUT2D eigenvalue weighted by atomic mass is 9.97. The van der Waals surface area contributed by atoms with Crippen molar-refractivity contribution < 1.29 is 64.6 Å². The van der Waals surface area contributed by atoms with Gasteiger partial charge in [0, 0.05) is 6.42 Å². The van der Waals surface area contributed by atoms with Crippen LogP contribution in [-0.2, 0) is 23.7 Å². The molecule has 14 heteroatoms. The van der Waals surface area contributed by atoms with Crippen molar-refractivity contribution >= 4 is 5.91 Å². The van der Waals surface area contributed by atoms with Crippen LogP contribution in [0.15, 0.2) is 134 Å². The van der Waals surface area contributed by atoms with E-state index >= 15 is 0 Å². The van der Waals surface area contributed by atoms with Crippen LogP contribution >= 0.6 is 0 Å². The maximum Gasteiger partial charge on any atom is 0.220 e.